The maximum Gasteiger partial charge on any atom is 0.173 e. The third-order valence-electron chi connectivity index (χ3n) is 2.06. The zero-order chi connectivity index (χ0) is 11.6. The smallest absolute Gasteiger partial charge is 0.173 e. The first-order chi connectivity index (χ1) is 5.91. The summed E-state index contributed by atoms with van der Waals surface area (Å²) in [5.74, 6) is 0. The van der Waals surface area contributed by atoms with Crippen LogP contribution in [0.15, 0.2) is 0 Å². The van der Waals surface area contributed by atoms with Crippen molar-refractivity contribution in [2.24, 2.45) is 0 Å². The molecule has 86 valence electrons. The molecule has 0 bridgehead atoms. The molecule has 0 atom stereocenters. The van der Waals surface area contributed by atoms with Gasteiger partial charge in [0.1, 0.15) is 0 Å². The molecule has 0 saturated carbocycles. The second-order valence-electron chi connectivity index (χ2n) is 7.03. The maximum absolute atomic E-state index is 6.32. The van der Waals surface area contributed by atoms with Crippen molar-refractivity contribution in [3.8, 4) is 0 Å². The van der Waals surface area contributed by atoms with E-state index >= 15 is 0 Å². The van der Waals surface area contributed by atoms with Crippen LogP contribution in [0, 0.1) is 0 Å². The number of hydrogen-bond acceptors (Lipinski definition) is 1. The van der Waals surface area contributed by atoms with Crippen LogP contribution >= 0.6 is 0 Å². The van der Waals surface area contributed by atoms with E-state index in [0.29, 0.717) is 0 Å². The molecule has 0 heterocycles. The van der Waals surface area contributed by atoms with Gasteiger partial charge in [-0.3, -0.25) is 0 Å². The average molecular weight is 249 g/mol. The van der Waals surface area contributed by atoms with E-state index in [1.165, 1.54) is 12.1 Å². The van der Waals surface area contributed by atoms with Crippen molar-refractivity contribution in [1.82, 2.24) is 0 Å². The van der Waals surface area contributed by atoms with Crippen LogP contribution in [0.5, 0.6) is 0 Å². The highest BCUT2D eigenvalue weighted by Crippen LogP contribution is 2.23. The monoisotopic (exact) mass is 248 g/mol. The predicted octanol–water partition coefficient (Wildman–Crippen LogP) is 4.38. The highest BCUT2D eigenvalue weighted by atomic mass is 28.4. The molecule has 1 nitrogen and oxygen atoms in total. The molecule has 0 spiro atoms. The molecule has 0 fully saturated rings. The molecule has 0 rings (SSSR count). The lowest BCUT2D eigenvalue weighted by molar-refractivity contribution is 0.550. The van der Waals surface area contributed by atoms with E-state index < -0.39 is 24.7 Å². The van der Waals surface area contributed by atoms with E-state index in [0.717, 1.165) is 0 Å². The third-order valence-corrected chi connectivity index (χ3v) is 10.4. The average Bonchev–Trinajstić information content (AvgIpc) is 1.76. The van der Waals surface area contributed by atoms with E-state index in [1.54, 1.807) is 0 Å². The van der Waals surface area contributed by atoms with Gasteiger partial charge in [-0.2, -0.15) is 0 Å². The van der Waals surface area contributed by atoms with Crippen LogP contribution in [0.2, 0.25) is 64.5 Å². The highest BCUT2D eigenvalue weighted by molar-refractivity contribution is 6.85. The second-order valence-corrected chi connectivity index (χ2v) is 21.7. The normalized spacial score (nSPS) is 14.6. The largest absolute Gasteiger partial charge is 0.456 e. The standard InChI is InChI=1S/C10H28OSi3/c1-12(2,3)9-10-14(7,8)11-13(4,5)6/h9-10H2,1-8H3. The van der Waals surface area contributed by atoms with E-state index in [9.17, 15) is 0 Å². The quantitative estimate of drug-likeness (QED) is 0.656. The summed E-state index contributed by atoms with van der Waals surface area (Å²) >= 11 is 0. The lowest BCUT2D eigenvalue weighted by Crippen LogP contribution is -2.43. The molecule has 0 radical (unpaired) electrons. The Morgan fingerprint density at radius 2 is 1.14 bits per heavy atom. The van der Waals surface area contributed by atoms with Crippen molar-refractivity contribution in [2.75, 3.05) is 0 Å². The first-order valence-electron chi connectivity index (χ1n) is 5.62. The van der Waals surface area contributed by atoms with Gasteiger partial charge in [0.05, 0.1) is 0 Å². The first-order valence-corrected chi connectivity index (χ1v) is 15.8. The fraction of sp³-hybridized carbons (Fsp3) is 1.00. The summed E-state index contributed by atoms with van der Waals surface area (Å²) in [6, 6.07) is 2.78. The number of hydrogen-bond donors (Lipinski definition) is 0. The van der Waals surface area contributed by atoms with Crippen molar-refractivity contribution >= 4 is 24.7 Å². The lowest BCUT2D eigenvalue weighted by Gasteiger charge is -2.33. The maximum atomic E-state index is 6.32. The van der Waals surface area contributed by atoms with Gasteiger partial charge in [-0.05, 0) is 38.8 Å². The minimum atomic E-state index is -1.35. The Labute approximate surface area is 93.5 Å². The van der Waals surface area contributed by atoms with Gasteiger partial charge in [-0.1, -0.05) is 25.7 Å². The summed E-state index contributed by atoms with van der Waals surface area (Å²) in [7, 11) is -3.54. The van der Waals surface area contributed by atoms with Crippen LogP contribution < -0.4 is 0 Å². The highest BCUT2D eigenvalue weighted by Gasteiger charge is 2.30. The fourth-order valence-electron chi connectivity index (χ4n) is 1.56. The summed E-state index contributed by atoms with van der Waals surface area (Å²) < 4.78 is 6.32. The van der Waals surface area contributed by atoms with Crippen LogP contribution in [0.1, 0.15) is 0 Å². The van der Waals surface area contributed by atoms with Crippen LogP contribution in [0.25, 0.3) is 0 Å². The Morgan fingerprint density at radius 3 is 1.43 bits per heavy atom. The van der Waals surface area contributed by atoms with E-state index in [-0.39, 0.29) is 0 Å². The third kappa shape index (κ3) is 9.18. The molecule has 0 aromatic rings. The Morgan fingerprint density at radius 1 is 0.714 bits per heavy atom. The van der Waals surface area contributed by atoms with Gasteiger partial charge in [0.2, 0.25) is 0 Å². The molecule has 0 aliphatic carbocycles. The van der Waals surface area contributed by atoms with Crippen LogP contribution in [-0.4, -0.2) is 24.7 Å². The van der Waals surface area contributed by atoms with Crippen LogP contribution in [0.4, 0.5) is 0 Å². The van der Waals surface area contributed by atoms with Crippen LogP contribution in [-0.2, 0) is 4.12 Å². The minimum absolute atomic E-state index is 0.872. The summed E-state index contributed by atoms with van der Waals surface area (Å²) in [6.07, 6.45) is 0. The molecular weight excluding hydrogens is 220 g/mol. The molecule has 14 heavy (non-hydrogen) atoms. The van der Waals surface area contributed by atoms with Gasteiger partial charge in [-0.15, -0.1) is 0 Å². The van der Waals surface area contributed by atoms with Gasteiger partial charge < -0.3 is 4.12 Å². The Balaban J connectivity index is 4.09. The van der Waals surface area contributed by atoms with Gasteiger partial charge in [0, 0.05) is 8.07 Å². The molecule has 0 N–H and O–H groups in total. The summed E-state index contributed by atoms with van der Waals surface area (Å²) in [4.78, 5) is 0. The molecule has 0 aliphatic rings. The van der Waals surface area contributed by atoms with E-state index in [2.05, 4.69) is 52.4 Å². The molecule has 0 aromatic heterocycles. The Kier molecular flexibility index (Phi) is 4.84. The SMILES string of the molecule is C[Si](C)(C)CC[Si](C)(C)O[Si](C)(C)C. The van der Waals surface area contributed by atoms with Crippen molar-refractivity contribution in [3.63, 3.8) is 0 Å². The molecule has 0 unspecified atom stereocenters. The molecule has 0 aromatic carbocycles. The topological polar surface area (TPSA) is 9.23 Å². The summed E-state index contributed by atoms with van der Waals surface area (Å²) in [5.41, 5.74) is 0. The van der Waals surface area contributed by atoms with Crippen molar-refractivity contribution in [2.45, 2.75) is 64.5 Å². The molecule has 0 amide bonds. The first kappa shape index (κ1) is 14.6. The lowest BCUT2D eigenvalue weighted by atomic mass is 10.9. The van der Waals surface area contributed by atoms with Crippen molar-refractivity contribution < 1.29 is 4.12 Å². The molecule has 4 heteroatoms. The van der Waals surface area contributed by atoms with Gasteiger partial charge in [0.15, 0.2) is 16.6 Å². The Bertz CT molecular complexity index is 177. The molecule has 0 saturated heterocycles. The molecule has 0 aliphatic heterocycles. The molecular formula is C10H28OSi3. The van der Waals surface area contributed by atoms with Gasteiger partial charge >= 0.3 is 0 Å². The van der Waals surface area contributed by atoms with Gasteiger partial charge in [-0.25, -0.2) is 0 Å². The van der Waals surface area contributed by atoms with E-state index in [1.807, 2.05) is 0 Å². The zero-order valence-electron chi connectivity index (χ0n) is 11.3. The Hall–Kier alpha value is 0.611. The second kappa shape index (κ2) is 4.63. The van der Waals surface area contributed by atoms with Crippen LogP contribution in [0.3, 0.4) is 0 Å². The summed E-state index contributed by atoms with van der Waals surface area (Å²) in [6.45, 7) is 19.0. The zero-order valence-corrected chi connectivity index (χ0v) is 14.3. The van der Waals surface area contributed by atoms with Crippen molar-refractivity contribution in [1.29, 1.82) is 0 Å². The van der Waals surface area contributed by atoms with Gasteiger partial charge in [0.25, 0.3) is 0 Å². The van der Waals surface area contributed by atoms with E-state index in [4.69, 9.17) is 4.12 Å². The number of rotatable bonds is 5. The fourth-order valence-corrected chi connectivity index (χ4v) is 14.0. The summed E-state index contributed by atoms with van der Waals surface area (Å²) in [5, 5.41) is 0. The minimum Gasteiger partial charge on any atom is -0.456 e. The predicted molar refractivity (Wildman–Crippen MR) is 74.9 cm³/mol. The van der Waals surface area contributed by atoms with Crippen molar-refractivity contribution in [3.05, 3.63) is 0 Å².